The van der Waals surface area contributed by atoms with Crippen molar-refractivity contribution in [2.45, 2.75) is 33.1 Å². The van der Waals surface area contributed by atoms with E-state index in [2.05, 4.69) is 51.4 Å². The van der Waals surface area contributed by atoms with Gasteiger partial charge in [-0.2, -0.15) is 0 Å². The van der Waals surface area contributed by atoms with Gasteiger partial charge in [0.15, 0.2) is 0 Å². The van der Waals surface area contributed by atoms with Gasteiger partial charge in [0.1, 0.15) is 21.9 Å². The van der Waals surface area contributed by atoms with Gasteiger partial charge in [-0.05, 0) is 61.1 Å². The molecular weight excluding hydrogens is 456 g/mol. The monoisotopic (exact) mass is 486 g/mol. The molecule has 6 nitrogen and oxygen atoms in total. The molecule has 0 aliphatic carbocycles. The van der Waals surface area contributed by atoms with Gasteiger partial charge >= 0.3 is 5.97 Å². The number of nitrogens with one attached hydrogen (secondary N) is 1. The minimum absolute atomic E-state index is 0.312. The molecule has 2 aromatic heterocycles. The van der Waals surface area contributed by atoms with Crippen LogP contribution in [-0.4, -0.2) is 35.6 Å². The molecule has 0 saturated carbocycles. The number of nitrogens with zero attached hydrogens (tertiary/aromatic N) is 3. The van der Waals surface area contributed by atoms with Crippen molar-refractivity contribution < 1.29 is 9.53 Å². The maximum Gasteiger partial charge on any atom is 0.348 e. The van der Waals surface area contributed by atoms with E-state index < -0.39 is 0 Å². The fourth-order valence-electron chi connectivity index (χ4n) is 4.49. The summed E-state index contributed by atoms with van der Waals surface area (Å²) in [4.78, 5) is 25.5. The lowest BCUT2D eigenvalue weighted by Crippen LogP contribution is -2.32. The highest BCUT2D eigenvalue weighted by Gasteiger charge is 2.21. The second-order valence-electron chi connectivity index (χ2n) is 9.17. The molecule has 1 N–H and O–H groups in total. The molecule has 3 heterocycles. The molecule has 0 radical (unpaired) electrons. The zero-order chi connectivity index (χ0) is 24.2. The minimum atomic E-state index is -0.312. The molecule has 0 spiro atoms. The van der Waals surface area contributed by atoms with Gasteiger partial charge in [-0.15, -0.1) is 11.3 Å². The second kappa shape index (κ2) is 10.4. The molecule has 0 amide bonds. The lowest BCUT2D eigenvalue weighted by molar-refractivity contribution is 0.0514. The quantitative estimate of drug-likeness (QED) is 0.306. The third-order valence-electron chi connectivity index (χ3n) is 6.66. The Hall–Kier alpha value is -3.45. The number of piperidine rings is 1. The highest BCUT2D eigenvalue weighted by Crippen LogP contribution is 2.35. The number of aromatic nitrogens is 2. The van der Waals surface area contributed by atoms with E-state index in [1.165, 1.54) is 36.2 Å². The summed E-state index contributed by atoms with van der Waals surface area (Å²) in [6.45, 7) is 6.82. The standard InChI is InChI=1S/C28H30N4O2S/c1-19-12-15-32(16-13-19)23-10-8-22(9-11-23)31-26-24-20(2)25(35-27(24)30-18-29-26)28(33)34-17-14-21-6-4-3-5-7-21/h3-11,18-19H,12-17H2,1-2H3,(H,29,30,31). The molecule has 4 aromatic rings. The molecule has 1 saturated heterocycles. The number of aryl methyl sites for hydroxylation is 1. The summed E-state index contributed by atoms with van der Waals surface area (Å²) < 4.78 is 5.58. The van der Waals surface area contributed by atoms with Crippen LogP contribution in [0.4, 0.5) is 17.2 Å². The maximum absolute atomic E-state index is 12.8. The molecule has 2 aromatic carbocycles. The number of hydrogen-bond donors (Lipinski definition) is 1. The first-order chi connectivity index (χ1) is 17.1. The number of carbonyl (C=O) groups is 1. The number of hydrogen-bond acceptors (Lipinski definition) is 7. The average molecular weight is 487 g/mol. The topological polar surface area (TPSA) is 67.3 Å². The summed E-state index contributed by atoms with van der Waals surface area (Å²) in [5.41, 5.74) is 4.20. The van der Waals surface area contributed by atoms with Gasteiger partial charge in [0.05, 0.1) is 12.0 Å². The van der Waals surface area contributed by atoms with E-state index in [0.29, 0.717) is 23.7 Å². The summed E-state index contributed by atoms with van der Waals surface area (Å²) in [5.74, 6) is 1.20. The van der Waals surface area contributed by atoms with Gasteiger partial charge < -0.3 is 15.0 Å². The molecule has 35 heavy (non-hydrogen) atoms. The van der Waals surface area contributed by atoms with E-state index in [0.717, 1.165) is 46.0 Å². The van der Waals surface area contributed by atoms with Crippen LogP contribution in [0.3, 0.4) is 0 Å². The van der Waals surface area contributed by atoms with Crippen LogP contribution < -0.4 is 10.2 Å². The Morgan fingerprint density at radius 3 is 2.57 bits per heavy atom. The summed E-state index contributed by atoms with van der Waals surface area (Å²) in [5, 5.41) is 4.29. The normalized spacial score (nSPS) is 14.3. The number of esters is 1. The van der Waals surface area contributed by atoms with Crippen LogP contribution in [0.1, 0.15) is 40.6 Å². The molecule has 0 unspecified atom stereocenters. The smallest absolute Gasteiger partial charge is 0.348 e. The zero-order valence-electron chi connectivity index (χ0n) is 20.2. The number of rotatable bonds is 7. The van der Waals surface area contributed by atoms with Crippen molar-refractivity contribution in [2.75, 3.05) is 29.9 Å². The molecule has 180 valence electrons. The van der Waals surface area contributed by atoms with Crippen LogP contribution in [-0.2, 0) is 11.2 Å². The number of fused-ring (bicyclic) bond motifs is 1. The summed E-state index contributed by atoms with van der Waals surface area (Å²) in [6.07, 6.45) is 4.71. The molecule has 1 aliphatic heterocycles. The van der Waals surface area contributed by atoms with E-state index in [9.17, 15) is 4.79 Å². The predicted octanol–water partition coefficient (Wildman–Crippen LogP) is 6.38. The lowest BCUT2D eigenvalue weighted by Gasteiger charge is -2.32. The first-order valence-electron chi connectivity index (χ1n) is 12.2. The SMILES string of the molecule is Cc1c(C(=O)OCCc2ccccc2)sc2ncnc(Nc3ccc(N4CCC(C)CC4)cc3)c12. The number of thiophene rings is 1. The van der Waals surface area contributed by atoms with Crippen molar-refractivity contribution in [1.29, 1.82) is 0 Å². The first-order valence-corrected chi connectivity index (χ1v) is 13.0. The molecule has 5 rings (SSSR count). The summed E-state index contributed by atoms with van der Waals surface area (Å²) >= 11 is 1.35. The minimum Gasteiger partial charge on any atom is -0.461 e. The van der Waals surface area contributed by atoms with Crippen LogP contribution >= 0.6 is 11.3 Å². The number of anilines is 3. The largest absolute Gasteiger partial charge is 0.461 e. The second-order valence-corrected chi connectivity index (χ2v) is 10.2. The molecule has 7 heteroatoms. The highest BCUT2D eigenvalue weighted by atomic mass is 32.1. The fourth-order valence-corrected chi connectivity index (χ4v) is 5.53. The summed E-state index contributed by atoms with van der Waals surface area (Å²) in [6, 6.07) is 18.5. The van der Waals surface area contributed by atoms with Crippen molar-refractivity contribution in [3.8, 4) is 0 Å². The van der Waals surface area contributed by atoms with Crippen molar-refractivity contribution >= 4 is 44.7 Å². The Morgan fingerprint density at radius 1 is 1.09 bits per heavy atom. The third-order valence-corrected chi connectivity index (χ3v) is 7.84. The van der Waals surface area contributed by atoms with Crippen molar-refractivity contribution in [2.24, 2.45) is 5.92 Å². The van der Waals surface area contributed by atoms with Crippen molar-refractivity contribution in [3.05, 3.63) is 76.9 Å². The van der Waals surface area contributed by atoms with Gasteiger partial charge in [-0.25, -0.2) is 14.8 Å². The van der Waals surface area contributed by atoms with Crippen LogP contribution in [0, 0.1) is 12.8 Å². The Balaban J connectivity index is 1.29. The van der Waals surface area contributed by atoms with E-state index in [4.69, 9.17) is 4.74 Å². The molecular formula is C28H30N4O2S. The van der Waals surface area contributed by atoms with Crippen LogP contribution in [0.25, 0.3) is 10.2 Å². The highest BCUT2D eigenvalue weighted by molar-refractivity contribution is 7.20. The predicted molar refractivity (Wildman–Crippen MR) is 143 cm³/mol. The molecule has 0 atom stereocenters. The van der Waals surface area contributed by atoms with Gasteiger partial charge in [0.2, 0.25) is 0 Å². The Bertz CT molecular complexity index is 1300. The van der Waals surface area contributed by atoms with Crippen molar-refractivity contribution in [1.82, 2.24) is 9.97 Å². The number of ether oxygens (including phenoxy) is 1. The Labute approximate surface area is 210 Å². The Kier molecular flexibility index (Phi) is 6.95. The molecule has 0 bridgehead atoms. The number of carbonyl (C=O) groups excluding carboxylic acids is 1. The lowest BCUT2D eigenvalue weighted by atomic mass is 9.99. The summed E-state index contributed by atoms with van der Waals surface area (Å²) in [7, 11) is 0. The van der Waals surface area contributed by atoms with E-state index in [1.807, 2.05) is 37.3 Å². The van der Waals surface area contributed by atoms with Crippen LogP contribution in [0.2, 0.25) is 0 Å². The first kappa shape index (κ1) is 23.3. The van der Waals surface area contributed by atoms with E-state index >= 15 is 0 Å². The number of benzene rings is 2. The Morgan fingerprint density at radius 2 is 1.83 bits per heavy atom. The van der Waals surface area contributed by atoms with E-state index in [-0.39, 0.29) is 5.97 Å². The zero-order valence-corrected chi connectivity index (χ0v) is 21.0. The van der Waals surface area contributed by atoms with Crippen LogP contribution in [0.5, 0.6) is 0 Å². The third kappa shape index (κ3) is 5.30. The maximum atomic E-state index is 12.8. The molecule has 1 fully saturated rings. The fraction of sp³-hybridized carbons (Fsp3) is 0.321. The van der Waals surface area contributed by atoms with Gasteiger partial charge in [-0.3, -0.25) is 0 Å². The van der Waals surface area contributed by atoms with Crippen molar-refractivity contribution in [3.63, 3.8) is 0 Å². The average Bonchev–Trinajstić information content (AvgIpc) is 3.23. The van der Waals surface area contributed by atoms with Gasteiger partial charge in [0.25, 0.3) is 0 Å². The van der Waals surface area contributed by atoms with Gasteiger partial charge in [-0.1, -0.05) is 37.3 Å². The van der Waals surface area contributed by atoms with E-state index in [1.54, 1.807) is 0 Å². The van der Waals surface area contributed by atoms with Gasteiger partial charge in [0, 0.05) is 30.9 Å². The van der Waals surface area contributed by atoms with Crippen LogP contribution in [0.15, 0.2) is 60.9 Å². The molecule has 1 aliphatic rings.